The fourth-order valence-electron chi connectivity index (χ4n) is 1.62. The number of unbranched alkanes of at least 4 members (excludes halogenated alkanes) is 1. The van der Waals surface area contributed by atoms with E-state index in [0.717, 1.165) is 25.1 Å². The zero-order valence-corrected chi connectivity index (χ0v) is 8.33. The summed E-state index contributed by atoms with van der Waals surface area (Å²) in [6.07, 6.45) is 11.0. The van der Waals surface area contributed by atoms with Crippen molar-refractivity contribution in [3.05, 3.63) is 24.0 Å². The molecule has 1 unspecified atom stereocenters. The molecule has 0 heterocycles. The van der Waals surface area contributed by atoms with Crippen LogP contribution in [0.3, 0.4) is 0 Å². The van der Waals surface area contributed by atoms with Crippen LogP contribution in [0.2, 0.25) is 0 Å². The van der Waals surface area contributed by atoms with Gasteiger partial charge in [-0.3, -0.25) is 0 Å². The summed E-state index contributed by atoms with van der Waals surface area (Å²) in [5, 5.41) is 0. The van der Waals surface area contributed by atoms with Crippen LogP contribution in [0.4, 0.5) is 0 Å². The van der Waals surface area contributed by atoms with Crippen LogP contribution >= 0.6 is 0 Å². The van der Waals surface area contributed by atoms with Gasteiger partial charge in [0.15, 0.2) is 0 Å². The van der Waals surface area contributed by atoms with Gasteiger partial charge in [0.1, 0.15) is 0 Å². The topological polar surface area (TPSA) is 35.2 Å². The summed E-state index contributed by atoms with van der Waals surface area (Å²) in [7, 11) is 1.74. The monoisotopic (exact) mass is 181 g/mol. The molecule has 0 fully saturated rings. The highest BCUT2D eigenvalue weighted by atomic mass is 16.5. The van der Waals surface area contributed by atoms with E-state index in [2.05, 4.69) is 12.2 Å². The minimum Gasteiger partial charge on any atom is -0.501 e. The van der Waals surface area contributed by atoms with Gasteiger partial charge < -0.3 is 10.5 Å². The predicted octanol–water partition coefficient (Wildman–Crippen LogP) is 2.22. The van der Waals surface area contributed by atoms with Gasteiger partial charge in [0.2, 0.25) is 0 Å². The number of methoxy groups -OCH3 is 1. The van der Waals surface area contributed by atoms with Crippen LogP contribution in [0.5, 0.6) is 0 Å². The van der Waals surface area contributed by atoms with Crippen LogP contribution in [0, 0.1) is 5.92 Å². The maximum absolute atomic E-state index is 5.44. The number of allylic oxidation sites excluding steroid dienone is 4. The molecule has 1 aliphatic carbocycles. The third-order valence-electron chi connectivity index (χ3n) is 2.42. The third-order valence-corrected chi connectivity index (χ3v) is 2.42. The third kappa shape index (κ3) is 3.64. The fraction of sp³-hybridized carbons (Fsp3) is 0.636. The summed E-state index contributed by atoms with van der Waals surface area (Å²) in [6.45, 7) is 0.809. The van der Waals surface area contributed by atoms with Crippen LogP contribution < -0.4 is 5.73 Å². The molecule has 2 heteroatoms. The largest absolute Gasteiger partial charge is 0.501 e. The van der Waals surface area contributed by atoms with Gasteiger partial charge in [0, 0.05) is 6.42 Å². The maximum Gasteiger partial charge on any atom is 0.0961 e. The van der Waals surface area contributed by atoms with Gasteiger partial charge >= 0.3 is 0 Å². The Bertz CT molecular complexity index is 196. The molecule has 1 atom stereocenters. The Balaban J connectivity index is 2.23. The van der Waals surface area contributed by atoms with E-state index in [9.17, 15) is 0 Å². The van der Waals surface area contributed by atoms with E-state index in [1.165, 1.54) is 12.8 Å². The Morgan fingerprint density at radius 1 is 1.54 bits per heavy atom. The van der Waals surface area contributed by atoms with E-state index in [1.54, 1.807) is 7.11 Å². The van der Waals surface area contributed by atoms with Gasteiger partial charge in [-0.05, 0) is 31.4 Å². The maximum atomic E-state index is 5.44. The molecule has 1 rings (SSSR count). The second kappa shape index (κ2) is 5.81. The standard InChI is InChI=1S/C11H19NO/c1-13-11-7-4-6-10(9-11)5-2-3-8-12/h4,6-7,10H,2-3,5,8-9,12H2,1H3. The second-order valence-corrected chi connectivity index (χ2v) is 3.47. The number of nitrogens with two attached hydrogens (primary N) is 1. The number of ether oxygens (including phenoxy) is 1. The van der Waals surface area contributed by atoms with E-state index >= 15 is 0 Å². The van der Waals surface area contributed by atoms with Crippen molar-refractivity contribution in [3.63, 3.8) is 0 Å². The van der Waals surface area contributed by atoms with E-state index in [-0.39, 0.29) is 0 Å². The quantitative estimate of drug-likeness (QED) is 0.660. The fourth-order valence-corrected chi connectivity index (χ4v) is 1.62. The predicted molar refractivity (Wildman–Crippen MR) is 55.2 cm³/mol. The van der Waals surface area contributed by atoms with Gasteiger partial charge in [-0.15, -0.1) is 0 Å². The molecule has 0 aromatic carbocycles. The zero-order chi connectivity index (χ0) is 9.52. The molecule has 2 N–H and O–H groups in total. The van der Waals surface area contributed by atoms with Crippen molar-refractivity contribution in [3.8, 4) is 0 Å². The minimum absolute atomic E-state index is 0.659. The van der Waals surface area contributed by atoms with Crippen LogP contribution in [0.25, 0.3) is 0 Å². The Morgan fingerprint density at radius 2 is 2.38 bits per heavy atom. The van der Waals surface area contributed by atoms with Crippen molar-refractivity contribution < 1.29 is 4.74 Å². The van der Waals surface area contributed by atoms with Crippen molar-refractivity contribution in [2.75, 3.05) is 13.7 Å². The lowest BCUT2D eigenvalue weighted by Gasteiger charge is -2.17. The molecule has 13 heavy (non-hydrogen) atoms. The van der Waals surface area contributed by atoms with E-state index < -0.39 is 0 Å². The first-order valence-electron chi connectivity index (χ1n) is 4.98. The normalized spacial score (nSPS) is 21.4. The molecule has 0 aromatic heterocycles. The molecule has 1 aliphatic rings. The molecule has 0 radical (unpaired) electrons. The van der Waals surface area contributed by atoms with E-state index in [1.807, 2.05) is 6.08 Å². The van der Waals surface area contributed by atoms with Crippen molar-refractivity contribution in [1.29, 1.82) is 0 Å². The summed E-state index contributed by atoms with van der Waals surface area (Å²) in [4.78, 5) is 0. The van der Waals surface area contributed by atoms with Gasteiger partial charge in [-0.25, -0.2) is 0 Å². The van der Waals surface area contributed by atoms with Crippen LogP contribution in [0.1, 0.15) is 25.7 Å². The van der Waals surface area contributed by atoms with Crippen molar-refractivity contribution in [1.82, 2.24) is 0 Å². The lowest BCUT2D eigenvalue weighted by Crippen LogP contribution is -2.05. The average molecular weight is 181 g/mol. The zero-order valence-electron chi connectivity index (χ0n) is 8.33. The van der Waals surface area contributed by atoms with Crippen molar-refractivity contribution >= 4 is 0 Å². The Morgan fingerprint density at radius 3 is 3.08 bits per heavy atom. The number of hydrogen-bond donors (Lipinski definition) is 1. The van der Waals surface area contributed by atoms with Gasteiger partial charge in [-0.1, -0.05) is 18.6 Å². The summed E-state index contributed by atoms with van der Waals surface area (Å²) in [6, 6.07) is 0. The molecular formula is C11H19NO. The molecule has 0 saturated heterocycles. The Labute approximate surface area is 80.5 Å². The van der Waals surface area contributed by atoms with E-state index in [0.29, 0.717) is 5.92 Å². The molecular weight excluding hydrogens is 162 g/mol. The first kappa shape index (κ1) is 10.3. The Kier molecular flexibility index (Phi) is 4.61. The van der Waals surface area contributed by atoms with Gasteiger partial charge in [0.05, 0.1) is 12.9 Å². The molecule has 0 bridgehead atoms. The average Bonchev–Trinajstić information content (AvgIpc) is 2.19. The summed E-state index contributed by atoms with van der Waals surface area (Å²) in [5.74, 6) is 1.76. The van der Waals surface area contributed by atoms with E-state index in [4.69, 9.17) is 10.5 Å². The number of hydrogen-bond acceptors (Lipinski definition) is 2. The van der Waals surface area contributed by atoms with Crippen molar-refractivity contribution in [2.45, 2.75) is 25.7 Å². The Hall–Kier alpha value is -0.760. The second-order valence-electron chi connectivity index (χ2n) is 3.47. The summed E-state index contributed by atoms with van der Waals surface area (Å²) < 4.78 is 5.21. The molecule has 0 spiro atoms. The summed E-state index contributed by atoms with van der Waals surface area (Å²) in [5.41, 5.74) is 5.44. The minimum atomic E-state index is 0.659. The molecule has 0 aromatic rings. The molecule has 2 nitrogen and oxygen atoms in total. The van der Waals surface area contributed by atoms with Crippen molar-refractivity contribution in [2.24, 2.45) is 11.7 Å². The van der Waals surface area contributed by atoms with Crippen LogP contribution in [-0.4, -0.2) is 13.7 Å². The molecule has 0 saturated carbocycles. The van der Waals surface area contributed by atoms with Crippen LogP contribution in [-0.2, 0) is 4.74 Å². The van der Waals surface area contributed by atoms with Crippen LogP contribution in [0.15, 0.2) is 24.0 Å². The first-order chi connectivity index (χ1) is 6.36. The first-order valence-corrected chi connectivity index (χ1v) is 4.98. The molecule has 0 amide bonds. The number of rotatable bonds is 5. The smallest absolute Gasteiger partial charge is 0.0961 e. The summed E-state index contributed by atoms with van der Waals surface area (Å²) >= 11 is 0. The lowest BCUT2D eigenvalue weighted by molar-refractivity contribution is 0.262. The van der Waals surface area contributed by atoms with Gasteiger partial charge in [0.25, 0.3) is 0 Å². The highest BCUT2D eigenvalue weighted by molar-refractivity contribution is 5.15. The highest BCUT2D eigenvalue weighted by Gasteiger charge is 2.10. The van der Waals surface area contributed by atoms with Gasteiger partial charge in [-0.2, -0.15) is 0 Å². The SMILES string of the molecule is COC1=CC=CC(CCCCN)C1. The molecule has 74 valence electrons. The molecule has 0 aliphatic heterocycles. The highest BCUT2D eigenvalue weighted by Crippen LogP contribution is 2.23. The lowest BCUT2D eigenvalue weighted by atomic mass is 9.94.